The van der Waals surface area contributed by atoms with Crippen LogP contribution in [0.3, 0.4) is 0 Å². The second-order valence-corrected chi connectivity index (χ2v) is 4.68. The predicted octanol–water partition coefficient (Wildman–Crippen LogP) is 2.41. The number of nitrogens with zero attached hydrogens (tertiary/aromatic N) is 2. The Balaban J connectivity index is 2.24. The van der Waals surface area contributed by atoms with Gasteiger partial charge in [-0.1, -0.05) is 19.3 Å². The standard InChI is InChI=1S/C11H20N2/c1-11(2,9-12)13(3)8-7-10-5-4-6-10/h10H,4-8H2,1-3H3. The summed E-state index contributed by atoms with van der Waals surface area (Å²) in [5.74, 6) is 0.942. The van der Waals surface area contributed by atoms with E-state index >= 15 is 0 Å². The molecule has 1 rings (SSSR count). The highest BCUT2D eigenvalue weighted by Crippen LogP contribution is 2.29. The average Bonchev–Trinajstić information content (AvgIpc) is 2.01. The van der Waals surface area contributed by atoms with E-state index in [1.54, 1.807) is 0 Å². The summed E-state index contributed by atoms with van der Waals surface area (Å²) in [7, 11) is 2.04. The van der Waals surface area contributed by atoms with Crippen LogP contribution < -0.4 is 0 Å². The zero-order chi connectivity index (χ0) is 9.90. The summed E-state index contributed by atoms with van der Waals surface area (Å²) >= 11 is 0. The first-order valence-corrected chi connectivity index (χ1v) is 5.19. The highest BCUT2D eigenvalue weighted by molar-refractivity contribution is 5.00. The second-order valence-electron chi connectivity index (χ2n) is 4.68. The Kier molecular flexibility index (Phi) is 3.33. The molecule has 0 bridgehead atoms. The third-order valence-electron chi connectivity index (χ3n) is 3.33. The van der Waals surface area contributed by atoms with Crippen LogP contribution in [0, 0.1) is 17.2 Å². The summed E-state index contributed by atoms with van der Waals surface area (Å²) in [6, 6.07) is 2.33. The van der Waals surface area contributed by atoms with Gasteiger partial charge in [0, 0.05) is 0 Å². The molecule has 0 aliphatic heterocycles. The van der Waals surface area contributed by atoms with Gasteiger partial charge in [0.1, 0.15) is 5.54 Å². The van der Waals surface area contributed by atoms with Gasteiger partial charge in [0.25, 0.3) is 0 Å². The Morgan fingerprint density at radius 2 is 2.08 bits per heavy atom. The van der Waals surface area contributed by atoms with Crippen molar-refractivity contribution in [3.63, 3.8) is 0 Å². The van der Waals surface area contributed by atoms with Gasteiger partial charge in [-0.15, -0.1) is 0 Å². The summed E-state index contributed by atoms with van der Waals surface area (Å²) in [6.07, 6.45) is 5.49. The van der Waals surface area contributed by atoms with E-state index in [0.717, 1.165) is 12.5 Å². The van der Waals surface area contributed by atoms with E-state index in [-0.39, 0.29) is 5.54 Å². The molecular weight excluding hydrogens is 160 g/mol. The summed E-state index contributed by atoms with van der Waals surface area (Å²) in [4.78, 5) is 2.16. The third kappa shape index (κ3) is 2.70. The van der Waals surface area contributed by atoms with Gasteiger partial charge < -0.3 is 0 Å². The number of hydrogen-bond acceptors (Lipinski definition) is 2. The summed E-state index contributed by atoms with van der Waals surface area (Å²) in [6.45, 7) is 5.02. The van der Waals surface area contributed by atoms with Crippen LogP contribution >= 0.6 is 0 Å². The fraction of sp³-hybridized carbons (Fsp3) is 0.909. The first kappa shape index (κ1) is 10.5. The van der Waals surface area contributed by atoms with Gasteiger partial charge >= 0.3 is 0 Å². The molecule has 1 aliphatic rings. The molecule has 0 spiro atoms. The van der Waals surface area contributed by atoms with E-state index in [0.29, 0.717) is 0 Å². The maximum atomic E-state index is 8.91. The fourth-order valence-corrected chi connectivity index (χ4v) is 1.52. The first-order valence-electron chi connectivity index (χ1n) is 5.19. The largest absolute Gasteiger partial charge is 0.289 e. The van der Waals surface area contributed by atoms with E-state index in [9.17, 15) is 0 Å². The average molecular weight is 180 g/mol. The number of rotatable bonds is 4. The molecule has 1 saturated carbocycles. The van der Waals surface area contributed by atoms with Crippen molar-refractivity contribution in [2.75, 3.05) is 13.6 Å². The summed E-state index contributed by atoms with van der Waals surface area (Å²) < 4.78 is 0. The molecule has 0 aromatic heterocycles. The normalized spacial score (nSPS) is 18.4. The predicted molar refractivity (Wildman–Crippen MR) is 54.3 cm³/mol. The van der Waals surface area contributed by atoms with Gasteiger partial charge in [0.15, 0.2) is 0 Å². The Morgan fingerprint density at radius 1 is 1.46 bits per heavy atom. The topological polar surface area (TPSA) is 27.0 Å². The molecule has 74 valence electrons. The van der Waals surface area contributed by atoms with Gasteiger partial charge in [-0.3, -0.25) is 4.90 Å². The minimum atomic E-state index is -0.302. The molecule has 1 fully saturated rings. The molecule has 0 N–H and O–H groups in total. The molecule has 0 heterocycles. The van der Waals surface area contributed by atoms with E-state index in [2.05, 4.69) is 11.0 Å². The summed E-state index contributed by atoms with van der Waals surface area (Å²) in [5, 5.41) is 8.91. The molecule has 1 aliphatic carbocycles. The van der Waals surface area contributed by atoms with Crippen LogP contribution in [0.1, 0.15) is 39.5 Å². The Hall–Kier alpha value is -0.550. The molecule has 13 heavy (non-hydrogen) atoms. The molecule has 0 aromatic carbocycles. The van der Waals surface area contributed by atoms with Crippen LogP contribution in [0.4, 0.5) is 0 Å². The van der Waals surface area contributed by atoms with Crippen molar-refractivity contribution in [3.05, 3.63) is 0 Å². The van der Waals surface area contributed by atoms with Crippen molar-refractivity contribution >= 4 is 0 Å². The van der Waals surface area contributed by atoms with Crippen molar-refractivity contribution in [2.24, 2.45) is 5.92 Å². The molecular formula is C11H20N2. The second kappa shape index (κ2) is 4.11. The lowest BCUT2D eigenvalue weighted by molar-refractivity contribution is 0.175. The van der Waals surface area contributed by atoms with Gasteiger partial charge in [0.2, 0.25) is 0 Å². The molecule has 0 aromatic rings. The van der Waals surface area contributed by atoms with Crippen LogP contribution in [0.5, 0.6) is 0 Å². The minimum Gasteiger partial charge on any atom is -0.289 e. The smallest absolute Gasteiger partial charge is 0.103 e. The van der Waals surface area contributed by atoms with Crippen LogP contribution in [-0.4, -0.2) is 24.0 Å². The van der Waals surface area contributed by atoms with E-state index < -0.39 is 0 Å². The van der Waals surface area contributed by atoms with Crippen LogP contribution in [0.2, 0.25) is 0 Å². The van der Waals surface area contributed by atoms with Crippen molar-refractivity contribution in [1.29, 1.82) is 5.26 Å². The van der Waals surface area contributed by atoms with Crippen molar-refractivity contribution < 1.29 is 0 Å². The lowest BCUT2D eigenvalue weighted by Gasteiger charge is -2.32. The van der Waals surface area contributed by atoms with Crippen LogP contribution in [0.15, 0.2) is 0 Å². The van der Waals surface area contributed by atoms with Gasteiger partial charge in [-0.25, -0.2) is 0 Å². The quantitative estimate of drug-likeness (QED) is 0.664. The van der Waals surface area contributed by atoms with E-state index in [1.807, 2.05) is 20.9 Å². The summed E-state index contributed by atoms with van der Waals surface area (Å²) in [5.41, 5.74) is -0.302. The lowest BCUT2D eigenvalue weighted by atomic mass is 9.83. The minimum absolute atomic E-state index is 0.302. The van der Waals surface area contributed by atoms with Gasteiger partial charge in [-0.05, 0) is 39.8 Å². The van der Waals surface area contributed by atoms with Crippen molar-refractivity contribution in [3.8, 4) is 6.07 Å². The van der Waals surface area contributed by atoms with E-state index in [4.69, 9.17) is 5.26 Å². The number of hydrogen-bond donors (Lipinski definition) is 0. The van der Waals surface area contributed by atoms with Crippen LogP contribution in [-0.2, 0) is 0 Å². The molecule has 2 nitrogen and oxygen atoms in total. The lowest BCUT2D eigenvalue weighted by Crippen LogP contribution is -2.41. The Morgan fingerprint density at radius 3 is 2.46 bits per heavy atom. The maximum absolute atomic E-state index is 8.91. The first-order chi connectivity index (χ1) is 6.06. The molecule has 0 radical (unpaired) electrons. The van der Waals surface area contributed by atoms with Crippen molar-refractivity contribution in [1.82, 2.24) is 4.90 Å². The SMILES string of the molecule is CN(CCC1CCC1)C(C)(C)C#N. The highest BCUT2D eigenvalue weighted by Gasteiger charge is 2.24. The Labute approximate surface area is 81.5 Å². The molecule has 0 saturated heterocycles. The Bertz CT molecular complexity index is 199. The third-order valence-corrected chi connectivity index (χ3v) is 3.33. The number of nitriles is 1. The van der Waals surface area contributed by atoms with E-state index in [1.165, 1.54) is 25.7 Å². The zero-order valence-electron chi connectivity index (χ0n) is 9.01. The molecule has 0 atom stereocenters. The van der Waals surface area contributed by atoms with Gasteiger partial charge in [0.05, 0.1) is 6.07 Å². The van der Waals surface area contributed by atoms with Crippen LogP contribution in [0.25, 0.3) is 0 Å². The van der Waals surface area contributed by atoms with Crippen molar-refractivity contribution in [2.45, 2.75) is 45.1 Å². The zero-order valence-corrected chi connectivity index (χ0v) is 9.01. The van der Waals surface area contributed by atoms with Gasteiger partial charge in [-0.2, -0.15) is 5.26 Å². The maximum Gasteiger partial charge on any atom is 0.103 e. The monoisotopic (exact) mass is 180 g/mol. The molecule has 0 unspecified atom stereocenters. The fourth-order valence-electron chi connectivity index (χ4n) is 1.52. The molecule has 2 heteroatoms. The molecule has 0 amide bonds. The highest BCUT2D eigenvalue weighted by atomic mass is 15.2.